The number of methoxy groups -OCH3 is 1. The normalized spacial score (nSPS) is 15.0. The average Bonchev–Trinajstić information content (AvgIpc) is 3.03. The fourth-order valence-electron chi connectivity index (χ4n) is 3.39. The highest BCUT2D eigenvalue weighted by molar-refractivity contribution is 8.00. The lowest BCUT2D eigenvalue weighted by Crippen LogP contribution is -2.36. The van der Waals surface area contributed by atoms with Gasteiger partial charge in [-0.15, -0.1) is 0 Å². The minimum atomic E-state index is -4.33. The number of carbonyl (C=O) groups is 2. The number of carbonyl (C=O) groups excluding carboxylic acids is 2. The topological polar surface area (TPSA) is 49.9 Å². The van der Waals surface area contributed by atoms with E-state index in [1.165, 1.54) is 37.5 Å². The van der Waals surface area contributed by atoms with Crippen molar-refractivity contribution in [1.29, 1.82) is 0 Å². The van der Waals surface area contributed by atoms with Gasteiger partial charge in [-0.1, -0.05) is 24.3 Å². The summed E-state index contributed by atoms with van der Waals surface area (Å²) < 4.78 is 42.5. The van der Waals surface area contributed by atoms with Crippen LogP contribution in [0.5, 0.6) is 5.75 Å². The van der Waals surface area contributed by atoms with E-state index in [1.54, 1.807) is 40.1 Å². The summed E-state index contributed by atoms with van der Waals surface area (Å²) in [7, 11) is 1.52. The van der Waals surface area contributed by atoms with Crippen molar-refractivity contribution < 1.29 is 27.5 Å². The number of hydrogen-bond acceptors (Lipinski definition) is 4. The SMILES string of the molecule is COc1ccccc1C(=O)N1CCCN(C(=O)C=Cc2ccc(SC(F)(F)F)cc2)CC1. The van der Waals surface area contributed by atoms with Crippen LogP contribution in [0.15, 0.2) is 59.5 Å². The fourth-order valence-corrected chi connectivity index (χ4v) is 3.93. The quantitative estimate of drug-likeness (QED) is 0.476. The summed E-state index contributed by atoms with van der Waals surface area (Å²) in [5.74, 6) is 0.173. The van der Waals surface area contributed by atoms with Crippen molar-refractivity contribution in [2.75, 3.05) is 33.3 Å². The van der Waals surface area contributed by atoms with Crippen molar-refractivity contribution in [3.05, 3.63) is 65.7 Å². The van der Waals surface area contributed by atoms with Gasteiger partial charge in [0.15, 0.2) is 0 Å². The Kier molecular flexibility index (Phi) is 7.84. The Balaban J connectivity index is 1.58. The van der Waals surface area contributed by atoms with E-state index < -0.39 is 5.51 Å². The van der Waals surface area contributed by atoms with Gasteiger partial charge >= 0.3 is 5.51 Å². The van der Waals surface area contributed by atoms with Gasteiger partial charge in [0.05, 0.1) is 12.7 Å². The number of ether oxygens (including phenoxy) is 1. The molecule has 0 unspecified atom stereocenters. The van der Waals surface area contributed by atoms with E-state index in [0.29, 0.717) is 49.5 Å². The van der Waals surface area contributed by atoms with Gasteiger partial charge in [0.1, 0.15) is 5.75 Å². The summed E-state index contributed by atoms with van der Waals surface area (Å²) in [5, 5.41) is 0. The highest BCUT2D eigenvalue weighted by Crippen LogP contribution is 2.36. The molecule has 5 nitrogen and oxygen atoms in total. The minimum absolute atomic E-state index is 0.0910. The Hall–Kier alpha value is -2.94. The summed E-state index contributed by atoms with van der Waals surface area (Å²) in [5.41, 5.74) is -3.21. The molecule has 2 aromatic rings. The third-order valence-corrected chi connectivity index (χ3v) is 5.70. The zero-order valence-corrected chi connectivity index (χ0v) is 18.3. The lowest BCUT2D eigenvalue weighted by molar-refractivity contribution is -0.125. The molecule has 2 amide bonds. The lowest BCUT2D eigenvalue weighted by atomic mass is 10.1. The number of para-hydroxylation sites is 1. The molecule has 1 heterocycles. The monoisotopic (exact) mass is 464 g/mol. The van der Waals surface area contributed by atoms with Gasteiger partial charge in [0.25, 0.3) is 5.91 Å². The third-order valence-electron chi connectivity index (χ3n) is 4.96. The molecule has 32 heavy (non-hydrogen) atoms. The Morgan fingerprint density at radius 3 is 2.31 bits per heavy atom. The predicted octanol–water partition coefficient (Wildman–Crippen LogP) is 4.70. The second-order valence-corrected chi connectivity index (χ2v) is 8.26. The summed E-state index contributed by atoms with van der Waals surface area (Å²) >= 11 is -0.177. The smallest absolute Gasteiger partial charge is 0.446 e. The van der Waals surface area contributed by atoms with Crippen LogP contribution in [0, 0.1) is 0 Å². The number of alkyl halides is 3. The molecular formula is C23H23F3N2O3S. The van der Waals surface area contributed by atoms with Crippen molar-refractivity contribution in [3.8, 4) is 5.75 Å². The second kappa shape index (κ2) is 10.6. The average molecular weight is 465 g/mol. The maximum Gasteiger partial charge on any atom is 0.446 e. The molecule has 0 aromatic heterocycles. The van der Waals surface area contributed by atoms with Gasteiger partial charge in [-0.25, -0.2) is 0 Å². The molecule has 0 saturated carbocycles. The Morgan fingerprint density at radius 1 is 0.969 bits per heavy atom. The van der Waals surface area contributed by atoms with Crippen molar-refractivity contribution in [2.24, 2.45) is 0 Å². The minimum Gasteiger partial charge on any atom is -0.496 e. The Bertz CT molecular complexity index is 977. The van der Waals surface area contributed by atoms with E-state index >= 15 is 0 Å². The van der Waals surface area contributed by atoms with Gasteiger partial charge in [0.2, 0.25) is 5.91 Å². The predicted molar refractivity (Wildman–Crippen MR) is 117 cm³/mol. The molecule has 1 aliphatic heterocycles. The highest BCUT2D eigenvalue weighted by Gasteiger charge is 2.29. The standard InChI is InChI=1S/C23H23F3N2O3S/c1-31-20-6-3-2-5-19(20)22(30)28-14-4-13-27(15-16-28)21(29)12-9-17-7-10-18(11-8-17)32-23(24,25)26/h2-3,5-12H,4,13-16H2,1H3. The number of benzene rings is 2. The Morgan fingerprint density at radius 2 is 1.62 bits per heavy atom. The molecule has 170 valence electrons. The van der Waals surface area contributed by atoms with E-state index in [2.05, 4.69) is 0 Å². The van der Waals surface area contributed by atoms with E-state index in [-0.39, 0.29) is 28.5 Å². The molecule has 0 N–H and O–H groups in total. The van der Waals surface area contributed by atoms with Crippen molar-refractivity contribution in [2.45, 2.75) is 16.8 Å². The molecular weight excluding hydrogens is 441 g/mol. The second-order valence-electron chi connectivity index (χ2n) is 7.12. The number of thioether (sulfide) groups is 1. The maximum absolute atomic E-state index is 12.9. The summed E-state index contributed by atoms with van der Waals surface area (Å²) in [6.07, 6.45) is 3.63. The zero-order valence-electron chi connectivity index (χ0n) is 17.5. The van der Waals surface area contributed by atoms with E-state index in [1.807, 2.05) is 0 Å². The van der Waals surface area contributed by atoms with Crippen LogP contribution in [0.3, 0.4) is 0 Å². The summed E-state index contributed by atoms with van der Waals surface area (Å²) in [4.78, 5) is 29.0. The molecule has 9 heteroatoms. The molecule has 0 atom stereocenters. The van der Waals surface area contributed by atoms with Crippen LogP contribution in [0.25, 0.3) is 6.08 Å². The first-order chi connectivity index (χ1) is 15.3. The van der Waals surface area contributed by atoms with Crippen molar-refractivity contribution in [3.63, 3.8) is 0 Å². The van der Waals surface area contributed by atoms with Crippen LogP contribution < -0.4 is 4.74 Å². The fraction of sp³-hybridized carbons (Fsp3) is 0.304. The molecule has 3 rings (SSSR count). The molecule has 0 bridgehead atoms. The van der Waals surface area contributed by atoms with E-state index in [4.69, 9.17) is 4.74 Å². The summed E-state index contributed by atoms with van der Waals surface area (Å²) in [6.45, 7) is 1.84. The first-order valence-electron chi connectivity index (χ1n) is 10.0. The molecule has 0 aliphatic carbocycles. The number of rotatable bonds is 5. The van der Waals surface area contributed by atoms with E-state index in [0.717, 1.165) is 0 Å². The molecule has 0 radical (unpaired) electrons. The van der Waals surface area contributed by atoms with Gasteiger partial charge in [-0.05, 0) is 54.1 Å². The summed E-state index contributed by atoms with van der Waals surface area (Å²) in [6, 6.07) is 12.8. The lowest BCUT2D eigenvalue weighted by Gasteiger charge is -2.22. The zero-order chi connectivity index (χ0) is 23.1. The van der Waals surface area contributed by atoms with Crippen LogP contribution in [0.2, 0.25) is 0 Å². The van der Waals surface area contributed by atoms with Crippen molar-refractivity contribution in [1.82, 2.24) is 9.80 Å². The van der Waals surface area contributed by atoms with Crippen LogP contribution in [-0.4, -0.2) is 60.4 Å². The van der Waals surface area contributed by atoms with Gasteiger partial charge in [-0.3, -0.25) is 9.59 Å². The number of nitrogens with zero attached hydrogens (tertiary/aromatic N) is 2. The largest absolute Gasteiger partial charge is 0.496 e. The highest BCUT2D eigenvalue weighted by atomic mass is 32.2. The third kappa shape index (κ3) is 6.53. The van der Waals surface area contributed by atoms with Crippen LogP contribution in [-0.2, 0) is 4.79 Å². The number of amides is 2. The first kappa shape index (κ1) is 23.7. The van der Waals surface area contributed by atoms with Crippen LogP contribution in [0.4, 0.5) is 13.2 Å². The molecule has 2 aromatic carbocycles. The molecule has 1 aliphatic rings. The van der Waals surface area contributed by atoms with Gasteiger partial charge < -0.3 is 14.5 Å². The van der Waals surface area contributed by atoms with Crippen molar-refractivity contribution >= 4 is 29.7 Å². The molecule has 0 spiro atoms. The molecule has 1 saturated heterocycles. The number of hydrogen-bond donors (Lipinski definition) is 0. The maximum atomic E-state index is 12.9. The van der Waals surface area contributed by atoms with E-state index in [9.17, 15) is 22.8 Å². The number of halogens is 3. The van der Waals surface area contributed by atoms with Crippen LogP contribution in [0.1, 0.15) is 22.3 Å². The Labute approximate surface area is 188 Å². The molecule has 1 fully saturated rings. The first-order valence-corrected chi connectivity index (χ1v) is 10.8. The van der Waals surface area contributed by atoms with Gasteiger partial charge in [-0.2, -0.15) is 13.2 Å². The van der Waals surface area contributed by atoms with Crippen LogP contribution >= 0.6 is 11.8 Å². The van der Waals surface area contributed by atoms with Gasteiger partial charge in [0, 0.05) is 37.2 Å².